The van der Waals surface area contributed by atoms with Crippen LogP contribution in [-0.2, 0) is 13.0 Å². The molecule has 0 fully saturated rings. The summed E-state index contributed by atoms with van der Waals surface area (Å²) in [6.45, 7) is 6.34. The third-order valence-electron chi connectivity index (χ3n) is 4.44. The Hall–Kier alpha value is -2.63. The fourth-order valence-corrected chi connectivity index (χ4v) is 3.06. The molecular formula is C18H22N4O2. The molecule has 0 aliphatic carbocycles. The van der Waals surface area contributed by atoms with Crippen molar-refractivity contribution in [2.45, 2.75) is 26.8 Å². The fraction of sp³-hybridized carbons (Fsp3) is 0.389. The van der Waals surface area contributed by atoms with Gasteiger partial charge in [0.05, 0.1) is 17.5 Å². The molecule has 6 heteroatoms. The lowest BCUT2D eigenvalue weighted by molar-refractivity contribution is 0.0771. The molecular weight excluding hydrogens is 304 g/mol. The Morgan fingerprint density at radius 2 is 1.92 bits per heavy atom. The van der Waals surface area contributed by atoms with Gasteiger partial charge in [-0.15, -0.1) is 0 Å². The maximum Gasteiger partial charge on any atom is 0.345 e. The van der Waals surface area contributed by atoms with Gasteiger partial charge in [0.25, 0.3) is 5.91 Å². The number of aromatic nitrogens is 2. The summed E-state index contributed by atoms with van der Waals surface area (Å²) in [5.74, 6) is -0.0504. The first-order valence-corrected chi connectivity index (χ1v) is 8.35. The number of fused-ring (bicyclic) bond motifs is 1. The third-order valence-corrected chi connectivity index (χ3v) is 4.44. The minimum atomic E-state index is -0.168. The number of carbonyl (C=O) groups excluding carboxylic acids is 2. The van der Waals surface area contributed by atoms with Crippen molar-refractivity contribution < 1.29 is 9.59 Å². The van der Waals surface area contributed by atoms with Crippen LogP contribution < -0.4 is 0 Å². The first-order valence-electron chi connectivity index (χ1n) is 8.35. The largest absolute Gasteiger partial charge is 0.345 e. The molecule has 2 heterocycles. The van der Waals surface area contributed by atoms with Crippen LogP contribution in [0.2, 0.25) is 0 Å². The van der Waals surface area contributed by atoms with Crippen molar-refractivity contribution in [1.82, 2.24) is 19.6 Å². The van der Waals surface area contributed by atoms with Gasteiger partial charge >= 0.3 is 6.03 Å². The van der Waals surface area contributed by atoms with Gasteiger partial charge in [-0.05, 0) is 19.4 Å². The second-order valence-electron chi connectivity index (χ2n) is 5.83. The van der Waals surface area contributed by atoms with Crippen LogP contribution in [0.25, 0.3) is 0 Å². The topological polar surface area (TPSA) is 58.4 Å². The summed E-state index contributed by atoms with van der Waals surface area (Å²) in [4.78, 5) is 28.7. The molecule has 2 aromatic rings. The molecule has 24 heavy (non-hydrogen) atoms. The van der Waals surface area contributed by atoms with E-state index < -0.39 is 0 Å². The highest BCUT2D eigenvalue weighted by Crippen LogP contribution is 2.19. The number of carbonyl (C=O) groups is 2. The molecule has 0 bridgehead atoms. The summed E-state index contributed by atoms with van der Waals surface area (Å²) in [5.41, 5.74) is 2.36. The molecule has 6 nitrogen and oxygen atoms in total. The lowest BCUT2D eigenvalue weighted by Gasteiger charge is -2.28. The van der Waals surface area contributed by atoms with Crippen molar-refractivity contribution in [2.24, 2.45) is 0 Å². The maximum absolute atomic E-state index is 12.7. The van der Waals surface area contributed by atoms with Gasteiger partial charge in [0.2, 0.25) is 0 Å². The lowest BCUT2D eigenvalue weighted by Crippen LogP contribution is -2.42. The van der Waals surface area contributed by atoms with Crippen LogP contribution in [0.5, 0.6) is 0 Å². The normalized spacial score (nSPS) is 13.8. The monoisotopic (exact) mass is 326 g/mol. The molecule has 0 unspecified atom stereocenters. The molecule has 0 spiro atoms. The van der Waals surface area contributed by atoms with Crippen molar-refractivity contribution in [3.63, 3.8) is 0 Å². The van der Waals surface area contributed by atoms with Crippen molar-refractivity contribution in [3.05, 3.63) is 53.3 Å². The number of amides is 2. The van der Waals surface area contributed by atoms with Crippen LogP contribution >= 0.6 is 0 Å². The number of hydrogen-bond acceptors (Lipinski definition) is 3. The predicted molar refractivity (Wildman–Crippen MR) is 90.8 cm³/mol. The molecule has 0 N–H and O–H groups in total. The van der Waals surface area contributed by atoms with E-state index in [-0.39, 0.29) is 11.9 Å². The Morgan fingerprint density at radius 3 is 2.58 bits per heavy atom. The highest BCUT2D eigenvalue weighted by atomic mass is 16.2. The van der Waals surface area contributed by atoms with Crippen LogP contribution in [-0.4, -0.2) is 51.2 Å². The van der Waals surface area contributed by atoms with Crippen LogP contribution in [0.4, 0.5) is 4.79 Å². The summed E-state index contributed by atoms with van der Waals surface area (Å²) < 4.78 is 1.38. The van der Waals surface area contributed by atoms with E-state index in [0.717, 1.165) is 11.3 Å². The molecule has 1 aliphatic heterocycles. The van der Waals surface area contributed by atoms with Crippen LogP contribution in [0.1, 0.15) is 35.5 Å². The Balaban J connectivity index is 1.81. The van der Waals surface area contributed by atoms with E-state index in [0.29, 0.717) is 38.2 Å². The summed E-state index contributed by atoms with van der Waals surface area (Å²) in [7, 11) is 0. The van der Waals surface area contributed by atoms with Gasteiger partial charge in [-0.1, -0.05) is 30.3 Å². The van der Waals surface area contributed by atoms with E-state index >= 15 is 0 Å². The van der Waals surface area contributed by atoms with Crippen LogP contribution in [0, 0.1) is 0 Å². The van der Waals surface area contributed by atoms with E-state index in [9.17, 15) is 9.59 Å². The van der Waals surface area contributed by atoms with Crippen LogP contribution in [0.3, 0.4) is 0 Å². The Bertz CT molecular complexity index is 735. The quantitative estimate of drug-likeness (QED) is 0.848. The minimum Gasteiger partial charge on any atom is -0.339 e. The maximum atomic E-state index is 12.7. The summed E-state index contributed by atoms with van der Waals surface area (Å²) in [5, 5.41) is 4.18. The highest BCUT2D eigenvalue weighted by Gasteiger charge is 2.30. The third kappa shape index (κ3) is 2.91. The van der Waals surface area contributed by atoms with E-state index in [1.807, 2.05) is 44.2 Å². The van der Waals surface area contributed by atoms with Gasteiger partial charge in [-0.3, -0.25) is 4.79 Å². The predicted octanol–water partition coefficient (Wildman–Crippen LogP) is 2.39. The molecule has 0 saturated carbocycles. The van der Waals surface area contributed by atoms with Crippen molar-refractivity contribution in [2.75, 3.05) is 19.6 Å². The molecule has 1 aromatic carbocycles. The molecule has 0 atom stereocenters. The Kier molecular flexibility index (Phi) is 4.64. The first kappa shape index (κ1) is 16.2. The fourth-order valence-electron chi connectivity index (χ4n) is 3.06. The number of rotatable bonds is 5. The number of nitrogens with zero attached hydrogens (tertiary/aromatic N) is 4. The standard InChI is InChI=1S/C18H22N4O2/c1-3-20(4-2)17(23)15-12-19-22-16(15)10-11-21(18(22)24)13-14-8-6-5-7-9-14/h5-9,12H,3-4,10-11,13H2,1-2H3. The second-order valence-corrected chi connectivity index (χ2v) is 5.83. The zero-order chi connectivity index (χ0) is 17.1. The molecule has 1 aliphatic rings. The van der Waals surface area contributed by atoms with Crippen LogP contribution in [0.15, 0.2) is 36.5 Å². The van der Waals surface area contributed by atoms with Gasteiger partial charge < -0.3 is 9.80 Å². The summed E-state index contributed by atoms with van der Waals surface area (Å²) in [6, 6.07) is 9.72. The van der Waals surface area contributed by atoms with Gasteiger partial charge in [0, 0.05) is 32.6 Å². The molecule has 0 radical (unpaired) electrons. The SMILES string of the molecule is CCN(CC)C(=O)c1cnn2c1CCN(Cc1ccccc1)C2=O. The molecule has 1 aromatic heterocycles. The zero-order valence-electron chi connectivity index (χ0n) is 14.1. The average Bonchev–Trinajstić information content (AvgIpc) is 3.04. The lowest BCUT2D eigenvalue weighted by atomic mass is 10.1. The minimum absolute atomic E-state index is 0.0504. The van der Waals surface area contributed by atoms with E-state index in [4.69, 9.17) is 0 Å². The molecule has 2 amide bonds. The highest BCUT2D eigenvalue weighted by molar-refractivity contribution is 5.96. The summed E-state index contributed by atoms with van der Waals surface area (Å²) >= 11 is 0. The van der Waals surface area contributed by atoms with E-state index in [2.05, 4.69) is 5.10 Å². The smallest absolute Gasteiger partial charge is 0.339 e. The molecule has 0 saturated heterocycles. The van der Waals surface area contributed by atoms with Gasteiger partial charge in [0.15, 0.2) is 0 Å². The van der Waals surface area contributed by atoms with E-state index in [1.165, 1.54) is 10.9 Å². The summed E-state index contributed by atoms with van der Waals surface area (Å²) in [6.07, 6.45) is 2.17. The van der Waals surface area contributed by atoms with Crippen molar-refractivity contribution in [3.8, 4) is 0 Å². The molecule has 126 valence electrons. The molecule has 3 rings (SSSR count). The van der Waals surface area contributed by atoms with Crippen molar-refractivity contribution in [1.29, 1.82) is 0 Å². The first-order chi connectivity index (χ1) is 11.7. The zero-order valence-corrected chi connectivity index (χ0v) is 14.1. The van der Waals surface area contributed by atoms with Gasteiger partial charge in [-0.2, -0.15) is 9.78 Å². The Labute approximate surface area is 141 Å². The number of benzene rings is 1. The average molecular weight is 326 g/mol. The van der Waals surface area contributed by atoms with E-state index in [1.54, 1.807) is 9.80 Å². The van der Waals surface area contributed by atoms with Crippen molar-refractivity contribution >= 4 is 11.9 Å². The second kappa shape index (κ2) is 6.86. The van der Waals surface area contributed by atoms with Gasteiger partial charge in [0.1, 0.15) is 0 Å². The number of hydrogen-bond donors (Lipinski definition) is 0. The van der Waals surface area contributed by atoms with Gasteiger partial charge in [-0.25, -0.2) is 4.79 Å². The Morgan fingerprint density at radius 1 is 1.21 bits per heavy atom.